The van der Waals surface area contributed by atoms with Gasteiger partial charge in [0.05, 0.1) is 35.8 Å². The topological polar surface area (TPSA) is 84.7 Å². The summed E-state index contributed by atoms with van der Waals surface area (Å²) in [5, 5.41) is 5.63. The van der Waals surface area contributed by atoms with Crippen LogP contribution in [0, 0.1) is 20.8 Å². The van der Waals surface area contributed by atoms with Gasteiger partial charge in [-0.15, -0.1) is 11.3 Å². The third kappa shape index (κ3) is 6.19. The van der Waals surface area contributed by atoms with Gasteiger partial charge in [0.1, 0.15) is 29.7 Å². The Labute approximate surface area is 272 Å². The number of hydrogen-bond donors (Lipinski definition) is 0. The molecule has 0 saturated heterocycles. The lowest BCUT2D eigenvalue weighted by molar-refractivity contribution is 0.0923. The smallest absolute Gasteiger partial charge is 0.244 e. The third-order valence-electron chi connectivity index (χ3n) is 7.92. The van der Waals surface area contributed by atoms with Crippen molar-refractivity contribution in [1.29, 1.82) is 0 Å². The van der Waals surface area contributed by atoms with Crippen LogP contribution in [0.4, 0.5) is 0 Å². The standard InChI is InChI=1S/C37H35N3O5S/c1-22-17-28(20-34(43-6)24(22)3)30-21-31(40(39-30)25(4)41)26-11-14-33(42-5)35(19-26)45-16-15-44-32-13-12-27(18-23(32)2)37-38-29-9-7-8-10-36(29)46-37/h7-14,17-21H,15-16H2,1-6H3. The predicted octanol–water partition coefficient (Wildman–Crippen LogP) is 8.55. The van der Waals surface area contributed by atoms with Gasteiger partial charge < -0.3 is 18.9 Å². The van der Waals surface area contributed by atoms with Crippen molar-refractivity contribution in [2.45, 2.75) is 27.7 Å². The van der Waals surface area contributed by atoms with Crippen molar-refractivity contribution in [2.24, 2.45) is 0 Å². The fraction of sp³-hybridized carbons (Fsp3) is 0.216. The van der Waals surface area contributed by atoms with Crippen LogP contribution in [-0.4, -0.2) is 48.1 Å². The third-order valence-corrected chi connectivity index (χ3v) is 9.00. The summed E-state index contributed by atoms with van der Waals surface area (Å²) >= 11 is 1.68. The molecule has 46 heavy (non-hydrogen) atoms. The second-order valence-corrected chi connectivity index (χ2v) is 12.0. The molecule has 2 heterocycles. The van der Waals surface area contributed by atoms with E-state index in [0.717, 1.165) is 55.4 Å². The zero-order valence-corrected chi connectivity index (χ0v) is 27.5. The van der Waals surface area contributed by atoms with Crippen molar-refractivity contribution in [3.8, 4) is 56.1 Å². The highest BCUT2D eigenvalue weighted by Gasteiger charge is 2.18. The molecular weight excluding hydrogens is 598 g/mol. The van der Waals surface area contributed by atoms with E-state index in [1.165, 1.54) is 16.3 Å². The number of carbonyl (C=O) groups is 1. The van der Waals surface area contributed by atoms with Gasteiger partial charge in [-0.2, -0.15) is 9.78 Å². The van der Waals surface area contributed by atoms with Crippen LogP contribution < -0.4 is 18.9 Å². The van der Waals surface area contributed by atoms with Crippen LogP contribution in [0.1, 0.15) is 28.4 Å². The molecule has 0 saturated carbocycles. The number of benzene rings is 4. The number of hydrogen-bond acceptors (Lipinski definition) is 8. The number of rotatable bonds is 10. The molecule has 0 aliphatic heterocycles. The van der Waals surface area contributed by atoms with Crippen molar-refractivity contribution in [1.82, 2.24) is 14.8 Å². The fourth-order valence-corrected chi connectivity index (χ4v) is 6.31. The van der Waals surface area contributed by atoms with E-state index in [1.807, 2.05) is 87.5 Å². The minimum atomic E-state index is -0.201. The fourth-order valence-electron chi connectivity index (χ4n) is 5.35. The molecule has 0 amide bonds. The van der Waals surface area contributed by atoms with Crippen molar-refractivity contribution in [3.63, 3.8) is 0 Å². The Bertz CT molecular complexity index is 2030. The van der Waals surface area contributed by atoms with Gasteiger partial charge in [-0.1, -0.05) is 12.1 Å². The molecule has 0 fully saturated rings. The van der Waals surface area contributed by atoms with Gasteiger partial charge in [-0.3, -0.25) is 4.79 Å². The number of carbonyl (C=O) groups excluding carboxylic acids is 1. The van der Waals surface area contributed by atoms with Crippen LogP contribution in [0.5, 0.6) is 23.0 Å². The summed E-state index contributed by atoms with van der Waals surface area (Å²) in [6.45, 7) is 8.19. The molecule has 0 aliphatic rings. The Morgan fingerprint density at radius 3 is 2.13 bits per heavy atom. The second kappa shape index (κ2) is 13.1. The van der Waals surface area contributed by atoms with E-state index in [0.29, 0.717) is 36.1 Å². The quantitative estimate of drug-likeness (QED) is 0.140. The van der Waals surface area contributed by atoms with E-state index in [1.54, 1.807) is 25.6 Å². The van der Waals surface area contributed by atoms with E-state index >= 15 is 0 Å². The molecule has 0 bridgehead atoms. The number of ether oxygens (including phenoxy) is 4. The number of methoxy groups -OCH3 is 2. The first kappa shape index (κ1) is 30.9. The molecule has 6 rings (SSSR count). The molecule has 0 aliphatic carbocycles. The van der Waals surface area contributed by atoms with Crippen molar-refractivity contribution >= 4 is 27.5 Å². The molecule has 0 radical (unpaired) electrons. The lowest BCUT2D eigenvalue weighted by atomic mass is 10.0. The first-order valence-electron chi connectivity index (χ1n) is 14.9. The minimum absolute atomic E-state index is 0.201. The Hall–Kier alpha value is -5.15. The number of para-hydroxylation sites is 1. The molecule has 0 N–H and O–H groups in total. The molecule has 6 aromatic rings. The molecule has 0 spiro atoms. The number of thiazole rings is 1. The van der Waals surface area contributed by atoms with E-state index in [-0.39, 0.29) is 5.91 Å². The van der Waals surface area contributed by atoms with Gasteiger partial charge in [0.15, 0.2) is 11.5 Å². The number of fused-ring (bicyclic) bond motifs is 1. The maximum Gasteiger partial charge on any atom is 0.244 e. The van der Waals surface area contributed by atoms with Gasteiger partial charge in [0, 0.05) is 23.6 Å². The summed E-state index contributed by atoms with van der Waals surface area (Å²) in [5.41, 5.74) is 8.18. The first-order valence-corrected chi connectivity index (χ1v) is 15.7. The van der Waals surface area contributed by atoms with E-state index in [9.17, 15) is 4.79 Å². The van der Waals surface area contributed by atoms with E-state index < -0.39 is 0 Å². The summed E-state index contributed by atoms with van der Waals surface area (Å²) < 4.78 is 25.9. The molecule has 2 aromatic heterocycles. The molecular formula is C37H35N3O5S. The van der Waals surface area contributed by atoms with Crippen molar-refractivity contribution in [3.05, 3.63) is 95.6 Å². The number of aromatic nitrogens is 3. The Kier molecular flexibility index (Phi) is 8.76. The van der Waals surface area contributed by atoms with Crippen LogP contribution in [0.3, 0.4) is 0 Å². The maximum atomic E-state index is 12.7. The van der Waals surface area contributed by atoms with Crippen LogP contribution in [0.15, 0.2) is 78.9 Å². The van der Waals surface area contributed by atoms with Gasteiger partial charge in [0.2, 0.25) is 5.91 Å². The summed E-state index contributed by atoms with van der Waals surface area (Å²) in [7, 11) is 3.25. The minimum Gasteiger partial charge on any atom is -0.496 e. The second-order valence-electron chi connectivity index (χ2n) is 11.0. The normalized spacial score (nSPS) is 11.1. The Balaban J connectivity index is 1.18. The average Bonchev–Trinajstić information content (AvgIpc) is 3.70. The van der Waals surface area contributed by atoms with Crippen LogP contribution in [0.25, 0.3) is 43.3 Å². The molecule has 234 valence electrons. The molecule has 0 atom stereocenters. The van der Waals surface area contributed by atoms with E-state index in [4.69, 9.17) is 23.9 Å². The highest BCUT2D eigenvalue weighted by Crippen LogP contribution is 2.36. The van der Waals surface area contributed by atoms with Crippen LogP contribution >= 0.6 is 11.3 Å². The van der Waals surface area contributed by atoms with Gasteiger partial charge >= 0.3 is 0 Å². The maximum absolute atomic E-state index is 12.7. The molecule has 4 aromatic carbocycles. The molecule has 9 heteroatoms. The SMILES string of the molecule is COc1ccc(-c2cc(-c3cc(C)c(C)c(OC)c3)nn2C(C)=O)cc1OCCOc1ccc(-c2nc3ccccc3s2)cc1C. The largest absolute Gasteiger partial charge is 0.496 e. The van der Waals surface area contributed by atoms with E-state index in [2.05, 4.69) is 17.2 Å². The molecule has 0 unspecified atom stereocenters. The van der Waals surface area contributed by atoms with Gasteiger partial charge in [0.25, 0.3) is 0 Å². The average molecular weight is 634 g/mol. The lowest BCUT2D eigenvalue weighted by Crippen LogP contribution is -2.11. The summed E-state index contributed by atoms with van der Waals surface area (Å²) in [6.07, 6.45) is 0. The van der Waals surface area contributed by atoms with Crippen molar-refractivity contribution < 1.29 is 23.7 Å². The number of nitrogens with zero attached hydrogens (tertiary/aromatic N) is 3. The van der Waals surface area contributed by atoms with Gasteiger partial charge in [-0.25, -0.2) is 4.98 Å². The zero-order valence-electron chi connectivity index (χ0n) is 26.7. The van der Waals surface area contributed by atoms with Crippen LogP contribution in [0.2, 0.25) is 0 Å². The van der Waals surface area contributed by atoms with Crippen LogP contribution in [-0.2, 0) is 0 Å². The highest BCUT2D eigenvalue weighted by atomic mass is 32.1. The summed E-state index contributed by atoms with van der Waals surface area (Å²) in [4.78, 5) is 17.4. The monoisotopic (exact) mass is 633 g/mol. The van der Waals surface area contributed by atoms with Crippen molar-refractivity contribution in [2.75, 3.05) is 27.4 Å². The number of aryl methyl sites for hydroxylation is 2. The zero-order chi connectivity index (χ0) is 32.4. The molecule has 8 nitrogen and oxygen atoms in total. The Morgan fingerprint density at radius 1 is 0.739 bits per heavy atom. The van der Waals surface area contributed by atoms with Gasteiger partial charge in [-0.05, 0) is 104 Å². The Morgan fingerprint density at radius 2 is 1.41 bits per heavy atom. The predicted molar refractivity (Wildman–Crippen MR) is 183 cm³/mol. The lowest BCUT2D eigenvalue weighted by Gasteiger charge is -2.14. The summed E-state index contributed by atoms with van der Waals surface area (Å²) in [5.74, 6) is 2.48. The highest BCUT2D eigenvalue weighted by molar-refractivity contribution is 7.21. The first-order chi connectivity index (χ1) is 22.2. The summed E-state index contributed by atoms with van der Waals surface area (Å²) in [6, 6.07) is 25.7.